The molecule has 33 heavy (non-hydrogen) atoms. The summed E-state index contributed by atoms with van der Waals surface area (Å²) in [5.74, 6) is 1.39. The molecule has 3 heterocycles. The van der Waals surface area contributed by atoms with E-state index in [1.807, 2.05) is 31.2 Å². The van der Waals surface area contributed by atoms with Gasteiger partial charge in [-0.05, 0) is 63.9 Å². The Balaban J connectivity index is 1.34. The van der Waals surface area contributed by atoms with Gasteiger partial charge in [0.1, 0.15) is 5.75 Å². The molecule has 1 fully saturated rings. The number of benzene rings is 1. The van der Waals surface area contributed by atoms with Crippen LogP contribution in [0.15, 0.2) is 35.2 Å². The van der Waals surface area contributed by atoms with E-state index in [1.165, 1.54) is 4.31 Å². The lowest BCUT2D eigenvalue weighted by atomic mass is 9.97. The van der Waals surface area contributed by atoms with E-state index in [-0.39, 0.29) is 23.3 Å². The molecule has 1 N–H and O–H groups in total. The predicted octanol–water partition coefficient (Wildman–Crippen LogP) is 1.86. The maximum Gasteiger partial charge on any atom is 0.255 e. The topological polar surface area (TPSA) is 119 Å². The molecule has 0 aliphatic carbocycles. The maximum atomic E-state index is 13.0. The maximum absolute atomic E-state index is 13.0. The highest BCUT2D eigenvalue weighted by Gasteiger charge is 2.32. The van der Waals surface area contributed by atoms with Crippen molar-refractivity contribution in [3.63, 3.8) is 0 Å². The van der Waals surface area contributed by atoms with E-state index in [9.17, 15) is 13.2 Å². The predicted molar refractivity (Wildman–Crippen MR) is 121 cm³/mol. The van der Waals surface area contributed by atoms with E-state index < -0.39 is 10.0 Å². The smallest absolute Gasteiger partial charge is 0.255 e. The van der Waals surface area contributed by atoms with Crippen LogP contribution in [0.5, 0.6) is 5.75 Å². The minimum Gasteiger partial charge on any atom is -0.494 e. The van der Waals surface area contributed by atoms with Crippen LogP contribution >= 0.6 is 0 Å². The highest BCUT2D eigenvalue weighted by molar-refractivity contribution is 7.89. The number of sulfonamides is 1. The van der Waals surface area contributed by atoms with Crippen LogP contribution in [0.3, 0.4) is 0 Å². The number of carbonyl (C=O) groups excluding carboxylic acids is 1. The number of nitrogens with zero attached hydrogens (tertiary/aromatic N) is 5. The van der Waals surface area contributed by atoms with Crippen LogP contribution in [0, 0.1) is 19.8 Å². The molecule has 2 aromatic heterocycles. The number of nitrogens with one attached hydrogen (secondary N) is 1. The Morgan fingerprint density at radius 3 is 2.52 bits per heavy atom. The number of ether oxygens (including phenoxy) is 1. The number of hydrogen-bond donors (Lipinski definition) is 1. The molecule has 176 valence electrons. The fourth-order valence-corrected chi connectivity index (χ4v) is 5.57. The lowest BCUT2D eigenvalue weighted by Crippen LogP contribution is -2.43. The Bertz CT molecular complexity index is 1250. The number of fused-ring (bicyclic) bond motifs is 1. The van der Waals surface area contributed by atoms with Gasteiger partial charge in [-0.1, -0.05) is 0 Å². The van der Waals surface area contributed by atoms with Gasteiger partial charge in [0.25, 0.3) is 5.78 Å². The average molecular weight is 473 g/mol. The zero-order chi connectivity index (χ0) is 23.6. The summed E-state index contributed by atoms with van der Waals surface area (Å²) in [4.78, 5) is 17.3. The number of aryl methyl sites for hydroxylation is 2. The van der Waals surface area contributed by atoms with Crippen LogP contribution in [-0.2, 0) is 21.4 Å². The molecule has 11 heteroatoms. The number of rotatable bonds is 7. The largest absolute Gasteiger partial charge is 0.494 e. The molecule has 0 spiro atoms. The van der Waals surface area contributed by atoms with Crippen LogP contribution in [0.4, 0.5) is 0 Å². The molecule has 4 rings (SSSR count). The van der Waals surface area contributed by atoms with E-state index in [4.69, 9.17) is 4.74 Å². The Labute approximate surface area is 193 Å². The number of aromatic nitrogens is 4. The van der Waals surface area contributed by atoms with Gasteiger partial charge in [0.15, 0.2) is 5.82 Å². The molecule has 10 nitrogen and oxygen atoms in total. The van der Waals surface area contributed by atoms with E-state index in [0.717, 1.165) is 11.4 Å². The average Bonchev–Trinajstić information content (AvgIpc) is 3.21. The molecule has 0 bridgehead atoms. The van der Waals surface area contributed by atoms with Gasteiger partial charge in [0.05, 0.1) is 18.0 Å². The van der Waals surface area contributed by atoms with Crippen molar-refractivity contribution in [2.75, 3.05) is 19.7 Å². The summed E-state index contributed by atoms with van der Waals surface area (Å²) in [5, 5.41) is 11.2. The fourth-order valence-electron chi connectivity index (χ4n) is 4.10. The van der Waals surface area contributed by atoms with E-state index in [1.54, 1.807) is 24.3 Å². The van der Waals surface area contributed by atoms with Crippen LogP contribution < -0.4 is 10.1 Å². The molecule has 1 amide bonds. The molecule has 0 unspecified atom stereocenters. The number of hydrogen-bond acceptors (Lipinski definition) is 7. The molecule has 1 aliphatic heterocycles. The quantitative estimate of drug-likeness (QED) is 0.557. The van der Waals surface area contributed by atoms with E-state index >= 15 is 0 Å². The van der Waals surface area contributed by atoms with Gasteiger partial charge in [-0.3, -0.25) is 9.20 Å². The van der Waals surface area contributed by atoms with Gasteiger partial charge >= 0.3 is 0 Å². The summed E-state index contributed by atoms with van der Waals surface area (Å²) in [6.07, 6.45) is 0.922. The van der Waals surface area contributed by atoms with Gasteiger partial charge < -0.3 is 10.1 Å². The first-order valence-electron chi connectivity index (χ1n) is 11.0. The lowest BCUT2D eigenvalue weighted by Gasteiger charge is -2.30. The molecule has 0 atom stereocenters. The van der Waals surface area contributed by atoms with Crippen LogP contribution in [-0.4, -0.2) is 57.9 Å². The molecule has 0 radical (unpaired) electrons. The first-order chi connectivity index (χ1) is 15.8. The number of carbonyl (C=O) groups is 1. The van der Waals surface area contributed by atoms with Crippen molar-refractivity contribution in [3.05, 3.63) is 47.5 Å². The van der Waals surface area contributed by atoms with Crippen molar-refractivity contribution in [2.24, 2.45) is 5.92 Å². The summed E-state index contributed by atoms with van der Waals surface area (Å²) in [7, 11) is -3.61. The molecule has 1 aliphatic rings. The van der Waals surface area contributed by atoms with E-state index in [0.29, 0.717) is 49.9 Å². The summed E-state index contributed by atoms with van der Waals surface area (Å²) in [6, 6.07) is 8.36. The summed E-state index contributed by atoms with van der Waals surface area (Å²) in [6.45, 7) is 7.05. The molecular formula is C22H28N6O4S. The van der Waals surface area contributed by atoms with Crippen molar-refractivity contribution < 1.29 is 17.9 Å². The van der Waals surface area contributed by atoms with Crippen molar-refractivity contribution in [2.45, 2.75) is 45.1 Å². The molecule has 3 aromatic rings. The zero-order valence-corrected chi connectivity index (χ0v) is 19.8. The van der Waals surface area contributed by atoms with Gasteiger partial charge in [-0.2, -0.15) is 4.31 Å². The van der Waals surface area contributed by atoms with Gasteiger partial charge in [0.2, 0.25) is 15.9 Å². The van der Waals surface area contributed by atoms with Crippen LogP contribution in [0.25, 0.3) is 5.78 Å². The minimum atomic E-state index is -3.61. The molecule has 1 aromatic carbocycles. The first-order valence-corrected chi connectivity index (χ1v) is 12.4. The summed E-state index contributed by atoms with van der Waals surface area (Å²) < 4.78 is 34.5. The third-order valence-electron chi connectivity index (χ3n) is 5.78. The molecule has 0 saturated carbocycles. The first kappa shape index (κ1) is 23.1. The second kappa shape index (κ2) is 9.44. The third-order valence-corrected chi connectivity index (χ3v) is 7.69. The Morgan fingerprint density at radius 2 is 1.85 bits per heavy atom. The van der Waals surface area contributed by atoms with Gasteiger partial charge in [0, 0.05) is 30.4 Å². The zero-order valence-electron chi connectivity index (χ0n) is 19.0. The lowest BCUT2D eigenvalue weighted by molar-refractivity contribution is -0.126. The van der Waals surface area contributed by atoms with Crippen molar-refractivity contribution in [1.82, 2.24) is 29.2 Å². The SMILES string of the molecule is CCOc1ccc(S(=O)(=O)N2CCC(C(=O)NCc3nnc4nc(C)cc(C)n34)CC2)cc1. The molecular weight excluding hydrogens is 444 g/mol. The monoisotopic (exact) mass is 472 g/mol. The second-order valence-electron chi connectivity index (χ2n) is 8.09. The van der Waals surface area contributed by atoms with Crippen molar-refractivity contribution >= 4 is 21.7 Å². The normalized spacial score (nSPS) is 15.6. The van der Waals surface area contributed by atoms with Gasteiger partial charge in [-0.25, -0.2) is 13.4 Å². The van der Waals surface area contributed by atoms with E-state index in [2.05, 4.69) is 20.5 Å². The van der Waals surface area contributed by atoms with Crippen LogP contribution in [0.2, 0.25) is 0 Å². The third kappa shape index (κ3) is 4.83. The van der Waals surface area contributed by atoms with Crippen LogP contribution in [0.1, 0.15) is 37.0 Å². The molecule has 1 saturated heterocycles. The Hall–Kier alpha value is -3.05. The highest BCUT2D eigenvalue weighted by Crippen LogP contribution is 2.25. The summed E-state index contributed by atoms with van der Waals surface area (Å²) in [5.41, 5.74) is 1.80. The number of piperidine rings is 1. The van der Waals surface area contributed by atoms with Crippen molar-refractivity contribution in [3.8, 4) is 5.75 Å². The fraction of sp³-hybridized carbons (Fsp3) is 0.455. The summed E-state index contributed by atoms with van der Waals surface area (Å²) >= 11 is 0. The standard InChI is InChI=1S/C22H28N6O4S/c1-4-32-18-5-7-19(8-6-18)33(30,31)27-11-9-17(10-12-27)21(29)23-14-20-25-26-22-24-15(2)13-16(3)28(20)22/h5-8,13,17H,4,9-12,14H2,1-3H3,(H,23,29). The Kier molecular flexibility index (Phi) is 6.61. The van der Waals surface area contributed by atoms with Gasteiger partial charge in [-0.15, -0.1) is 10.2 Å². The minimum absolute atomic E-state index is 0.109. The second-order valence-corrected chi connectivity index (χ2v) is 10.0. The van der Waals surface area contributed by atoms with Crippen molar-refractivity contribution in [1.29, 1.82) is 0 Å². The Morgan fingerprint density at radius 1 is 1.15 bits per heavy atom. The number of amides is 1. The highest BCUT2D eigenvalue weighted by atomic mass is 32.2.